The van der Waals surface area contributed by atoms with Crippen LogP contribution in [0.25, 0.3) is 0 Å². The number of carbonyl (C=O) groups excluding carboxylic acids is 3. The molecule has 0 saturated carbocycles. The second-order valence-electron chi connectivity index (χ2n) is 10.8. The van der Waals surface area contributed by atoms with Gasteiger partial charge >= 0.3 is 18.0 Å². The van der Waals surface area contributed by atoms with E-state index in [1.54, 1.807) is 0 Å². The number of aliphatic hydroxyl groups is 3. The molecule has 0 saturated heterocycles. The first-order valence-electron chi connectivity index (χ1n) is 14.8. The Morgan fingerprint density at radius 2 is 1.02 bits per heavy atom. The van der Waals surface area contributed by atoms with Crippen LogP contribution in [0, 0.1) is 0 Å². The maximum atomic E-state index is 11.7. The summed E-state index contributed by atoms with van der Waals surface area (Å²) in [6.45, 7) is 13.0. The van der Waals surface area contributed by atoms with Gasteiger partial charge in [0.25, 0.3) is 0 Å². The van der Waals surface area contributed by atoms with Crippen LogP contribution in [0.4, 0.5) is 4.79 Å². The molecule has 9 N–H and O–H groups in total. The quantitative estimate of drug-likeness (QED) is 0.0276. The van der Waals surface area contributed by atoms with Gasteiger partial charge in [-0.15, -0.1) is 0 Å². The third kappa shape index (κ3) is 29.4. The second kappa shape index (κ2) is 26.5. The molecule has 42 heavy (non-hydrogen) atoms. The highest BCUT2D eigenvalue weighted by Gasteiger charge is 2.13. The van der Waals surface area contributed by atoms with E-state index in [2.05, 4.69) is 52.7 Å². The van der Waals surface area contributed by atoms with Crippen molar-refractivity contribution < 1.29 is 43.9 Å². The van der Waals surface area contributed by atoms with Crippen molar-refractivity contribution in [3.05, 3.63) is 0 Å². The molecule has 15 nitrogen and oxygen atoms in total. The summed E-state index contributed by atoms with van der Waals surface area (Å²) in [5.41, 5.74) is 0.149. The van der Waals surface area contributed by atoms with Gasteiger partial charge in [0.1, 0.15) is 32.0 Å². The third-order valence-corrected chi connectivity index (χ3v) is 5.47. The topological polar surface area (TPSA) is 212 Å². The van der Waals surface area contributed by atoms with E-state index in [1.807, 2.05) is 0 Å². The Bertz CT molecular complexity index is 697. The molecule has 15 heteroatoms. The van der Waals surface area contributed by atoms with Crippen LogP contribution in [0.1, 0.15) is 46.5 Å². The minimum Gasteiger partial charge on any atom is -0.463 e. The average Bonchev–Trinajstić information content (AvgIpc) is 2.94. The van der Waals surface area contributed by atoms with Crippen molar-refractivity contribution in [2.45, 2.75) is 64.2 Å². The molecule has 0 aliphatic rings. The molecule has 2 atom stereocenters. The fraction of sp³-hybridized carbons (Fsp3) is 0.889. The molecule has 248 valence electrons. The molecule has 0 fully saturated rings. The van der Waals surface area contributed by atoms with E-state index < -0.39 is 36.8 Å². The number of carbonyl (C=O) groups is 3. The molecule has 0 bridgehead atoms. The number of hydrogen-bond donors (Lipinski definition) is 9. The van der Waals surface area contributed by atoms with Gasteiger partial charge in [-0.2, -0.15) is 0 Å². The van der Waals surface area contributed by atoms with Crippen molar-refractivity contribution in [1.82, 2.24) is 31.9 Å². The van der Waals surface area contributed by atoms with Gasteiger partial charge in [0.2, 0.25) is 0 Å². The highest BCUT2D eigenvalue weighted by Crippen LogP contribution is 2.04. The van der Waals surface area contributed by atoms with E-state index >= 15 is 0 Å². The van der Waals surface area contributed by atoms with Crippen LogP contribution in [0.2, 0.25) is 0 Å². The molecule has 0 aliphatic carbocycles. The van der Waals surface area contributed by atoms with Gasteiger partial charge in [-0.1, -0.05) is 0 Å². The molecule has 0 aromatic heterocycles. The monoisotopic (exact) mass is 608 g/mol. The lowest BCUT2D eigenvalue weighted by Crippen LogP contribution is -2.41. The van der Waals surface area contributed by atoms with E-state index in [1.165, 1.54) is 0 Å². The van der Waals surface area contributed by atoms with Crippen molar-refractivity contribution in [2.75, 3.05) is 91.9 Å². The summed E-state index contributed by atoms with van der Waals surface area (Å²) in [4.78, 5) is 34.9. The van der Waals surface area contributed by atoms with Crippen molar-refractivity contribution in [2.24, 2.45) is 0 Å². The smallest absolute Gasteiger partial charge is 0.407 e. The Balaban J connectivity index is 3.48. The predicted molar refractivity (Wildman–Crippen MR) is 158 cm³/mol. The van der Waals surface area contributed by atoms with Crippen LogP contribution in [-0.2, 0) is 23.8 Å². The third-order valence-electron chi connectivity index (χ3n) is 5.47. The first-order valence-corrected chi connectivity index (χ1v) is 14.8. The van der Waals surface area contributed by atoms with E-state index in [0.717, 1.165) is 52.4 Å². The van der Waals surface area contributed by atoms with Crippen LogP contribution in [0.3, 0.4) is 0 Å². The SMILES string of the molecule is CC(C)(C)NCCNCCNCCNCCNCCNC(=O)OCC(O)COC(=O)CCCCC(=O)OCC(O)CO. The van der Waals surface area contributed by atoms with E-state index in [-0.39, 0.29) is 38.2 Å². The molecular weight excluding hydrogens is 552 g/mol. The van der Waals surface area contributed by atoms with Crippen LogP contribution < -0.4 is 31.9 Å². The van der Waals surface area contributed by atoms with Gasteiger partial charge in [0, 0.05) is 83.8 Å². The zero-order valence-corrected chi connectivity index (χ0v) is 25.7. The average molecular weight is 609 g/mol. The fourth-order valence-electron chi connectivity index (χ4n) is 3.19. The van der Waals surface area contributed by atoms with Gasteiger partial charge in [-0.05, 0) is 33.6 Å². The van der Waals surface area contributed by atoms with Crippen LogP contribution in [0.15, 0.2) is 0 Å². The lowest BCUT2D eigenvalue weighted by atomic mass is 10.1. The molecule has 0 aromatic rings. The summed E-state index contributed by atoms with van der Waals surface area (Å²) in [7, 11) is 0. The number of aliphatic hydroxyl groups excluding tert-OH is 3. The first kappa shape index (κ1) is 39.9. The molecule has 0 heterocycles. The number of rotatable bonds is 27. The number of alkyl carbamates (subject to hydrolysis) is 1. The standard InChI is InChI=1S/C27H56N6O9/c1-27(2,3)33-17-15-31-13-11-29-9-8-28-10-12-30-14-16-32-26(39)42-21-23(36)20-41-25(38)7-5-4-6-24(37)40-19-22(35)18-34/h22-23,28-31,33-36H,4-21H2,1-3H3,(H,32,39). The molecule has 0 aliphatic heterocycles. The Morgan fingerprint density at radius 1 is 0.619 bits per heavy atom. The maximum absolute atomic E-state index is 11.7. The Morgan fingerprint density at radius 3 is 1.48 bits per heavy atom. The molecule has 1 amide bonds. The number of nitrogens with one attached hydrogen (secondary N) is 6. The second-order valence-corrected chi connectivity index (χ2v) is 10.8. The predicted octanol–water partition coefficient (Wildman–Crippen LogP) is -2.18. The number of unbranched alkanes of at least 4 members (excludes halogenated alkanes) is 1. The summed E-state index contributed by atoms with van der Waals surface area (Å²) >= 11 is 0. The normalized spacial score (nSPS) is 12.9. The number of ether oxygens (including phenoxy) is 3. The van der Waals surface area contributed by atoms with Crippen LogP contribution >= 0.6 is 0 Å². The highest BCUT2D eigenvalue weighted by atomic mass is 16.6. The lowest BCUT2D eigenvalue weighted by Gasteiger charge is -2.20. The van der Waals surface area contributed by atoms with Gasteiger partial charge in [-0.25, -0.2) is 4.79 Å². The van der Waals surface area contributed by atoms with E-state index in [9.17, 15) is 19.5 Å². The molecule has 0 spiro atoms. The molecular formula is C27H56N6O9. The molecule has 2 unspecified atom stereocenters. The minimum atomic E-state index is -1.15. The molecule has 0 rings (SSSR count). The van der Waals surface area contributed by atoms with Gasteiger partial charge < -0.3 is 61.4 Å². The molecule has 0 radical (unpaired) electrons. The van der Waals surface area contributed by atoms with Gasteiger partial charge in [0.05, 0.1) is 6.61 Å². The van der Waals surface area contributed by atoms with Crippen molar-refractivity contribution in [3.8, 4) is 0 Å². The summed E-state index contributed by atoms with van der Waals surface area (Å²) < 4.78 is 14.6. The largest absolute Gasteiger partial charge is 0.463 e. The van der Waals surface area contributed by atoms with Crippen molar-refractivity contribution >= 4 is 18.0 Å². The summed E-state index contributed by atoms with van der Waals surface area (Å²) in [5, 5.41) is 46.9. The highest BCUT2D eigenvalue weighted by molar-refractivity contribution is 5.70. The van der Waals surface area contributed by atoms with E-state index in [0.29, 0.717) is 25.9 Å². The van der Waals surface area contributed by atoms with Gasteiger partial charge in [-0.3, -0.25) is 9.59 Å². The fourth-order valence-corrected chi connectivity index (χ4v) is 3.19. The zero-order valence-electron chi connectivity index (χ0n) is 25.7. The minimum absolute atomic E-state index is 0.0497. The summed E-state index contributed by atoms with van der Waals surface area (Å²) in [6.07, 6.45) is -2.06. The Kier molecular flexibility index (Phi) is 25.2. The lowest BCUT2D eigenvalue weighted by molar-refractivity contribution is -0.149. The van der Waals surface area contributed by atoms with Crippen LogP contribution in [-0.4, -0.2) is 143 Å². The zero-order chi connectivity index (χ0) is 31.5. The number of esters is 2. The van der Waals surface area contributed by atoms with Crippen LogP contribution in [0.5, 0.6) is 0 Å². The Labute approximate surface area is 250 Å². The summed E-state index contributed by atoms with van der Waals surface area (Å²) in [6, 6.07) is 0. The summed E-state index contributed by atoms with van der Waals surface area (Å²) in [5.74, 6) is -1.08. The number of amides is 1. The van der Waals surface area contributed by atoms with Gasteiger partial charge in [0.15, 0.2) is 0 Å². The van der Waals surface area contributed by atoms with Crippen molar-refractivity contribution in [3.63, 3.8) is 0 Å². The van der Waals surface area contributed by atoms with E-state index in [4.69, 9.17) is 24.4 Å². The number of hydrogen-bond acceptors (Lipinski definition) is 14. The Hall–Kier alpha value is -2.11. The van der Waals surface area contributed by atoms with Crippen molar-refractivity contribution in [1.29, 1.82) is 0 Å². The first-order chi connectivity index (χ1) is 20.0. The molecule has 0 aromatic carbocycles. The maximum Gasteiger partial charge on any atom is 0.407 e.